The third-order valence-electron chi connectivity index (χ3n) is 5.52. The molecule has 0 aliphatic heterocycles. The summed E-state index contributed by atoms with van der Waals surface area (Å²) in [5.41, 5.74) is 0.411. The van der Waals surface area contributed by atoms with Crippen molar-refractivity contribution in [3.8, 4) is 0 Å². The lowest BCUT2D eigenvalue weighted by Gasteiger charge is -2.22. The largest absolute Gasteiger partial charge is 0.462 e. The van der Waals surface area contributed by atoms with Crippen LogP contribution >= 0.6 is 0 Å². The zero-order valence-corrected chi connectivity index (χ0v) is 18.1. The number of ether oxygens (including phenoxy) is 1. The van der Waals surface area contributed by atoms with Gasteiger partial charge in [0, 0.05) is 42.6 Å². The Bertz CT molecular complexity index is 1030. The third-order valence-corrected chi connectivity index (χ3v) is 5.52. The van der Waals surface area contributed by atoms with Gasteiger partial charge in [-0.05, 0) is 65.3 Å². The zero-order chi connectivity index (χ0) is 22.1. The summed E-state index contributed by atoms with van der Waals surface area (Å²) in [6, 6.07) is 3.11. The van der Waals surface area contributed by atoms with Gasteiger partial charge >= 0.3 is 5.97 Å². The van der Waals surface area contributed by atoms with Crippen molar-refractivity contribution in [3.63, 3.8) is 0 Å². The first-order chi connectivity index (χ1) is 14.9. The minimum absolute atomic E-state index is 0.0496. The number of anilines is 1. The Balaban J connectivity index is 1.65. The number of hydrogen-bond donors (Lipinski definition) is 1. The van der Waals surface area contributed by atoms with Gasteiger partial charge in [-0.25, -0.2) is 9.18 Å². The van der Waals surface area contributed by atoms with Crippen molar-refractivity contribution in [3.05, 3.63) is 71.0 Å². The number of aromatic nitrogens is 1. The molecule has 6 nitrogen and oxygen atoms in total. The fraction of sp³-hybridized carbons (Fsp3) is 0.375. The number of fused-ring (bicyclic) bond motifs is 1. The van der Waals surface area contributed by atoms with Gasteiger partial charge in [-0.2, -0.15) is 0 Å². The topological polar surface area (TPSA) is 63.6 Å². The molecule has 2 saturated carbocycles. The molecular formula is C24H27FN3O3. The average molecular weight is 424 g/mol. The summed E-state index contributed by atoms with van der Waals surface area (Å²) >= 11 is 0. The molecule has 0 atom stereocenters. The van der Waals surface area contributed by atoms with Crippen molar-refractivity contribution in [2.24, 2.45) is 0 Å². The molecule has 7 heteroatoms. The van der Waals surface area contributed by atoms with Gasteiger partial charge in [0.15, 0.2) is 0 Å². The second kappa shape index (κ2) is 8.99. The fourth-order valence-corrected chi connectivity index (χ4v) is 3.87. The molecule has 2 fully saturated rings. The molecule has 2 aliphatic rings. The number of rotatable bonds is 8. The highest BCUT2D eigenvalue weighted by molar-refractivity contribution is 5.94. The highest BCUT2D eigenvalue weighted by Crippen LogP contribution is 2.38. The first-order valence-corrected chi connectivity index (χ1v) is 10.6. The molecule has 1 N–H and O–H groups in total. The molecule has 1 aromatic carbocycles. The molecule has 0 bridgehead atoms. The number of carbonyl (C=O) groups is 1. The van der Waals surface area contributed by atoms with Crippen LogP contribution in [0.15, 0.2) is 23.1 Å². The number of nitrogens with one attached hydrogen (secondary N) is 1. The van der Waals surface area contributed by atoms with E-state index in [1.165, 1.54) is 12.0 Å². The minimum atomic E-state index is -0.670. The SMILES string of the molecule is CCOC(=O)c1cn(C2CC2)c2cc(NC[C]3[CH][CH][CH][C]3CN(C)C)c(F)cc2c1=O. The van der Waals surface area contributed by atoms with Gasteiger partial charge in [0.2, 0.25) is 5.43 Å². The highest BCUT2D eigenvalue weighted by Gasteiger charge is 2.30. The van der Waals surface area contributed by atoms with E-state index < -0.39 is 17.2 Å². The van der Waals surface area contributed by atoms with E-state index >= 15 is 0 Å². The van der Waals surface area contributed by atoms with E-state index in [2.05, 4.69) is 16.6 Å². The van der Waals surface area contributed by atoms with Crippen molar-refractivity contribution < 1.29 is 13.9 Å². The summed E-state index contributed by atoms with van der Waals surface area (Å²) < 4.78 is 21.9. The Morgan fingerprint density at radius 3 is 2.68 bits per heavy atom. The number of hydrogen-bond acceptors (Lipinski definition) is 5. The molecule has 1 aromatic heterocycles. The second-order valence-corrected chi connectivity index (χ2v) is 8.25. The first-order valence-electron chi connectivity index (χ1n) is 10.6. The Kier molecular flexibility index (Phi) is 6.32. The number of benzene rings is 1. The summed E-state index contributed by atoms with van der Waals surface area (Å²) in [5, 5.41) is 3.38. The molecule has 2 aromatic rings. The van der Waals surface area contributed by atoms with E-state index in [0.717, 1.165) is 25.3 Å². The molecule has 4 rings (SSSR count). The van der Waals surface area contributed by atoms with E-state index in [9.17, 15) is 14.0 Å². The maximum absolute atomic E-state index is 14.9. The predicted molar refractivity (Wildman–Crippen MR) is 119 cm³/mol. The van der Waals surface area contributed by atoms with Crippen molar-refractivity contribution in [2.45, 2.75) is 25.8 Å². The molecule has 0 unspecified atom stereocenters. The van der Waals surface area contributed by atoms with Crippen LogP contribution in [0.4, 0.5) is 10.1 Å². The number of nitrogens with zero attached hydrogens (tertiary/aromatic N) is 2. The van der Waals surface area contributed by atoms with E-state index in [1.54, 1.807) is 19.2 Å². The van der Waals surface area contributed by atoms with Crippen LogP contribution < -0.4 is 10.7 Å². The lowest BCUT2D eigenvalue weighted by atomic mass is 9.95. The van der Waals surface area contributed by atoms with Crippen molar-refractivity contribution in [1.82, 2.24) is 9.47 Å². The molecule has 0 amide bonds. The van der Waals surface area contributed by atoms with Crippen LogP contribution in [0.1, 0.15) is 36.2 Å². The van der Waals surface area contributed by atoms with Crippen molar-refractivity contribution in [2.75, 3.05) is 39.1 Å². The predicted octanol–water partition coefficient (Wildman–Crippen LogP) is 3.40. The van der Waals surface area contributed by atoms with Crippen LogP contribution in [0.2, 0.25) is 0 Å². The fourth-order valence-electron chi connectivity index (χ4n) is 3.87. The lowest BCUT2D eigenvalue weighted by molar-refractivity contribution is 0.0524. The molecule has 1 heterocycles. The molecule has 163 valence electrons. The van der Waals surface area contributed by atoms with Crippen LogP contribution in [0.25, 0.3) is 10.9 Å². The van der Waals surface area contributed by atoms with Crippen LogP contribution in [0, 0.1) is 36.9 Å². The molecular weight excluding hydrogens is 397 g/mol. The van der Waals surface area contributed by atoms with Gasteiger partial charge in [-0.15, -0.1) is 0 Å². The highest BCUT2D eigenvalue weighted by atomic mass is 19.1. The second-order valence-electron chi connectivity index (χ2n) is 8.25. The number of esters is 1. The standard InChI is InChI=1S/C24H27FN3O3/c1-4-31-24(30)19-14-28(17-8-9-17)22-11-21(20(25)10-18(22)23(19)29)26-12-15-6-5-7-16(15)13-27(2)3/h5-7,10-11,14,17,26H,4,8-9,12-13H2,1-3H3. The summed E-state index contributed by atoms with van der Waals surface area (Å²) in [7, 11) is 4.02. The zero-order valence-electron chi connectivity index (χ0n) is 18.1. The lowest BCUT2D eigenvalue weighted by Crippen LogP contribution is -2.25. The maximum atomic E-state index is 14.9. The Morgan fingerprint density at radius 2 is 2.00 bits per heavy atom. The molecule has 0 spiro atoms. The first kappa shape index (κ1) is 21.8. The van der Waals surface area contributed by atoms with E-state index in [1.807, 2.05) is 31.5 Å². The Hall–Kier alpha value is -2.41. The monoisotopic (exact) mass is 424 g/mol. The molecule has 0 saturated heterocycles. The third kappa shape index (κ3) is 4.61. The molecule has 2 aliphatic carbocycles. The summed E-state index contributed by atoms with van der Waals surface area (Å²) in [5.74, 6) is 1.10. The summed E-state index contributed by atoms with van der Waals surface area (Å²) in [6.07, 6.45) is 9.57. The summed E-state index contributed by atoms with van der Waals surface area (Å²) in [4.78, 5) is 27.2. The summed E-state index contributed by atoms with van der Waals surface area (Å²) in [6.45, 7) is 3.15. The van der Waals surface area contributed by atoms with Gasteiger partial charge < -0.3 is 19.5 Å². The van der Waals surface area contributed by atoms with Gasteiger partial charge in [-0.1, -0.05) is 0 Å². The van der Waals surface area contributed by atoms with E-state index in [4.69, 9.17) is 4.74 Å². The Morgan fingerprint density at radius 1 is 1.26 bits per heavy atom. The van der Waals surface area contributed by atoms with Crippen molar-refractivity contribution >= 4 is 22.6 Å². The van der Waals surface area contributed by atoms with Gasteiger partial charge in [0.1, 0.15) is 11.4 Å². The smallest absolute Gasteiger partial charge is 0.343 e. The Labute approximate surface area is 182 Å². The van der Waals surface area contributed by atoms with Gasteiger partial charge in [-0.3, -0.25) is 4.79 Å². The quantitative estimate of drug-likeness (QED) is 0.658. The minimum Gasteiger partial charge on any atom is -0.462 e. The van der Waals surface area contributed by atoms with Crippen LogP contribution in [0.3, 0.4) is 0 Å². The van der Waals surface area contributed by atoms with Crippen LogP contribution in [-0.4, -0.2) is 49.2 Å². The maximum Gasteiger partial charge on any atom is 0.343 e. The molecule has 31 heavy (non-hydrogen) atoms. The number of carbonyl (C=O) groups excluding carboxylic acids is 1. The number of halogens is 1. The molecule has 5 radical (unpaired) electrons. The van der Waals surface area contributed by atoms with Crippen LogP contribution in [-0.2, 0) is 4.74 Å². The normalized spacial score (nSPS) is 17.6. The van der Waals surface area contributed by atoms with Crippen LogP contribution in [0.5, 0.6) is 0 Å². The van der Waals surface area contributed by atoms with Gasteiger partial charge in [0.25, 0.3) is 0 Å². The van der Waals surface area contributed by atoms with E-state index in [0.29, 0.717) is 17.7 Å². The number of pyridine rings is 1. The van der Waals surface area contributed by atoms with Gasteiger partial charge in [0.05, 0.1) is 17.8 Å². The van der Waals surface area contributed by atoms with E-state index in [-0.39, 0.29) is 23.6 Å². The average Bonchev–Trinajstić information content (AvgIpc) is 3.47. The van der Waals surface area contributed by atoms with Crippen molar-refractivity contribution in [1.29, 1.82) is 0 Å².